The van der Waals surface area contributed by atoms with Crippen LogP contribution < -0.4 is 5.32 Å². The molecule has 0 fully saturated rings. The summed E-state index contributed by atoms with van der Waals surface area (Å²) in [4.78, 5) is 11.6. The van der Waals surface area contributed by atoms with Crippen molar-refractivity contribution < 1.29 is 4.42 Å². The van der Waals surface area contributed by atoms with E-state index in [1.807, 2.05) is 23.9 Å². The normalized spacial score (nSPS) is 11.5. The third-order valence-corrected chi connectivity index (χ3v) is 5.07. The summed E-state index contributed by atoms with van der Waals surface area (Å²) in [7, 11) is 4.03. The Morgan fingerprint density at radius 2 is 1.97 bits per heavy atom. The highest BCUT2D eigenvalue weighted by molar-refractivity contribution is 14.0. The van der Waals surface area contributed by atoms with Crippen LogP contribution in [0.1, 0.15) is 49.2 Å². The lowest BCUT2D eigenvalue weighted by atomic mass is 10.1. The third kappa shape index (κ3) is 6.82. The standard InChI is InChI=1S/C24H34N6O.HI/c1-7-25-24(29(5)14-20-15-30(6)28-22(20)17(2)3)26-13-12-21-16-31-23(27-21)19-10-8-18(4)9-11-19;/h8-11,15-17H,7,12-14H2,1-6H3,(H,25,26);1H. The van der Waals surface area contributed by atoms with Crippen LogP contribution >= 0.6 is 24.0 Å². The van der Waals surface area contributed by atoms with Crippen LogP contribution in [-0.2, 0) is 20.0 Å². The van der Waals surface area contributed by atoms with Gasteiger partial charge in [-0.3, -0.25) is 9.67 Å². The largest absolute Gasteiger partial charge is 0.444 e. The Morgan fingerprint density at radius 3 is 2.62 bits per heavy atom. The predicted molar refractivity (Wildman–Crippen MR) is 141 cm³/mol. The summed E-state index contributed by atoms with van der Waals surface area (Å²) in [5, 5.41) is 8.00. The van der Waals surface area contributed by atoms with Gasteiger partial charge in [-0.2, -0.15) is 5.10 Å². The van der Waals surface area contributed by atoms with Crippen molar-refractivity contribution in [2.45, 2.75) is 46.6 Å². The Bertz CT molecular complexity index is 1010. The number of oxazole rings is 1. The molecule has 0 saturated heterocycles. The molecule has 0 atom stereocenters. The van der Waals surface area contributed by atoms with Crippen molar-refractivity contribution in [1.82, 2.24) is 25.0 Å². The van der Waals surface area contributed by atoms with Crippen molar-refractivity contribution in [3.05, 3.63) is 59.2 Å². The molecule has 174 valence electrons. The highest BCUT2D eigenvalue weighted by atomic mass is 127. The zero-order valence-electron chi connectivity index (χ0n) is 19.9. The van der Waals surface area contributed by atoms with Crippen molar-refractivity contribution in [3.8, 4) is 11.5 Å². The van der Waals surface area contributed by atoms with E-state index in [9.17, 15) is 0 Å². The minimum absolute atomic E-state index is 0. The number of guanidine groups is 1. The second-order valence-electron chi connectivity index (χ2n) is 8.22. The SMILES string of the molecule is CCNC(=NCCc1coc(-c2ccc(C)cc2)n1)N(C)Cc1cn(C)nc1C(C)C.I. The number of nitrogens with one attached hydrogen (secondary N) is 1. The van der Waals surface area contributed by atoms with Crippen LogP contribution in [0.15, 0.2) is 46.1 Å². The van der Waals surface area contributed by atoms with Crippen molar-refractivity contribution in [2.24, 2.45) is 12.0 Å². The fraction of sp³-hybridized carbons (Fsp3) is 0.458. The molecule has 3 rings (SSSR count). The summed E-state index contributed by atoms with van der Waals surface area (Å²) in [6.45, 7) is 10.7. The van der Waals surface area contributed by atoms with Gasteiger partial charge in [0, 0.05) is 57.5 Å². The molecule has 0 unspecified atom stereocenters. The zero-order valence-corrected chi connectivity index (χ0v) is 22.3. The van der Waals surface area contributed by atoms with Gasteiger partial charge in [-0.15, -0.1) is 24.0 Å². The number of aliphatic imine (C=N–C) groups is 1. The van der Waals surface area contributed by atoms with Gasteiger partial charge in [-0.25, -0.2) is 4.98 Å². The van der Waals surface area contributed by atoms with Crippen LogP contribution in [0.3, 0.4) is 0 Å². The second kappa shape index (κ2) is 12.0. The van der Waals surface area contributed by atoms with E-state index in [0.717, 1.165) is 42.4 Å². The molecule has 32 heavy (non-hydrogen) atoms. The highest BCUT2D eigenvalue weighted by Gasteiger charge is 2.15. The number of hydrogen-bond donors (Lipinski definition) is 1. The summed E-state index contributed by atoms with van der Waals surface area (Å²) in [6.07, 6.45) is 4.55. The molecule has 1 N–H and O–H groups in total. The smallest absolute Gasteiger partial charge is 0.226 e. The van der Waals surface area contributed by atoms with Crippen LogP contribution in [0.4, 0.5) is 0 Å². The maximum Gasteiger partial charge on any atom is 0.226 e. The molecule has 0 aliphatic carbocycles. The molecule has 8 heteroatoms. The number of aromatic nitrogens is 3. The molecule has 1 aromatic carbocycles. The number of aryl methyl sites for hydroxylation is 2. The third-order valence-electron chi connectivity index (χ3n) is 5.07. The Balaban J connectivity index is 0.00000363. The molecule has 7 nitrogen and oxygen atoms in total. The van der Waals surface area contributed by atoms with Crippen LogP contribution in [0.25, 0.3) is 11.5 Å². The van der Waals surface area contributed by atoms with Crippen molar-refractivity contribution in [2.75, 3.05) is 20.1 Å². The molecule has 3 aromatic rings. The van der Waals surface area contributed by atoms with Crippen molar-refractivity contribution >= 4 is 29.9 Å². The van der Waals surface area contributed by atoms with Crippen LogP contribution in [0, 0.1) is 6.92 Å². The van der Waals surface area contributed by atoms with Gasteiger partial charge in [0.25, 0.3) is 0 Å². The first kappa shape index (κ1) is 25.9. The van der Waals surface area contributed by atoms with E-state index in [1.165, 1.54) is 11.1 Å². The van der Waals surface area contributed by atoms with E-state index >= 15 is 0 Å². The second-order valence-corrected chi connectivity index (χ2v) is 8.22. The predicted octanol–water partition coefficient (Wildman–Crippen LogP) is 4.76. The maximum atomic E-state index is 5.67. The minimum atomic E-state index is 0. The van der Waals surface area contributed by atoms with E-state index in [1.54, 1.807) is 6.26 Å². The quantitative estimate of drug-likeness (QED) is 0.249. The summed E-state index contributed by atoms with van der Waals surface area (Å²) in [5.41, 5.74) is 5.48. The zero-order chi connectivity index (χ0) is 22.4. The van der Waals surface area contributed by atoms with Crippen LogP contribution in [-0.4, -0.2) is 45.8 Å². The van der Waals surface area contributed by atoms with E-state index in [4.69, 9.17) is 9.41 Å². The first-order valence-corrected chi connectivity index (χ1v) is 10.9. The average Bonchev–Trinajstić information content (AvgIpc) is 3.34. The number of hydrogen-bond acceptors (Lipinski definition) is 4. The van der Waals surface area contributed by atoms with Gasteiger partial charge in [0.2, 0.25) is 5.89 Å². The molecule has 0 spiro atoms. The number of halogens is 1. The maximum absolute atomic E-state index is 5.67. The molecular weight excluding hydrogens is 515 g/mol. The molecule has 0 aliphatic rings. The molecular formula is C24H35IN6O. The highest BCUT2D eigenvalue weighted by Crippen LogP contribution is 2.20. The lowest BCUT2D eigenvalue weighted by Gasteiger charge is -2.22. The molecule has 2 heterocycles. The summed E-state index contributed by atoms with van der Waals surface area (Å²) < 4.78 is 7.55. The van der Waals surface area contributed by atoms with Gasteiger partial charge in [-0.05, 0) is 31.9 Å². The monoisotopic (exact) mass is 550 g/mol. The Morgan fingerprint density at radius 1 is 1.25 bits per heavy atom. The van der Waals surface area contributed by atoms with Crippen molar-refractivity contribution in [3.63, 3.8) is 0 Å². The fourth-order valence-electron chi connectivity index (χ4n) is 3.49. The molecule has 0 bridgehead atoms. The number of benzene rings is 1. The Kier molecular flexibility index (Phi) is 9.74. The van der Waals surface area contributed by atoms with E-state index in [2.05, 4.69) is 73.4 Å². The summed E-state index contributed by atoms with van der Waals surface area (Å²) >= 11 is 0. The van der Waals surface area contributed by atoms with Crippen LogP contribution in [0.2, 0.25) is 0 Å². The van der Waals surface area contributed by atoms with Gasteiger partial charge in [0.1, 0.15) is 6.26 Å². The molecule has 0 radical (unpaired) electrons. The Labute approximate surface area is 208 Å². The molecule has 0 amide bonds. The first-order valence-electron chi connectivity index (χ1n) is 10.9. The summed E-state index contributed by atoms with van der Waals surface area (Å²) in [6, 6.07) is 8.19. The first-order chi connectivity index (χ1) is 14.9. The fourth-order valence-corrected chi connectivity index (χ4v) is 3.49. The Hall–Kier alpha value is -2.36. The van der Waals surface area contributed by atoms with Gasteiger partial charge >= 0.3 is 0 Å². The average molecular weight is 550 g/mol. The minimum Gasteiger partial charge on any atom is -0.444 e. The van der Waals surface area contributed by atoms with E-state index in [-0.39, 0.29) is 24.0 Å². The van der Waals surface area contributed by atoms with Gasteiger partial charge in [0.05, 0.1) is 11.4 Å². The summed E-state index contributed by atoms with van der Waals surface area (Å²) in [5.74, 6) is 1.92. The van der Waals surface area contributed by atoms with Crippen LogP contribution in [0.5, 0.6) is 0 Å². The van der Waals surface area contributed by atoms with E-state index in [0.29, 0.717) is 18.4 Å². The lowest BCUT2D eigenvalue weighted by Crippen LogP contribution is -2.38. The molecule has 2 aromatic heterocycles. The topological polar surface area (TPSA) is 71.5 Å². The van der Waals surface area contributed by atoms with E-state index < -0.39 is 0 Å². The van der Waals surface area contributed by atoms with Gasteiger partial charge < -0.3 is 14.6 Å². The molecule has 0 aliphatic heterocycles. The lowest BCUT2D eigenvalue weighted by molar-refractivity contribution is 0.473. The number of nitrogens with zero attached hydrogens (tertiary/aromatic N) is 5. The van der Waals surface area contributed by atoms with Gasteiger partial charge in [-0.1, -0.05) is 31.5 Å². The number of rotatable bonds is 8. The molecule has 0 saturated carbocycles. The van der Waals surface area contributed by atoms with Crippen molar-refractivity contribution in [1.29, 1.82) is 0 Å². The van der Waals surface area contributed by atoms with Gasteiger partial charge in [0.15, 0.2) is 5.96 Å².